The third kappa shape index (κ3) is 3.38. The molecule has 0 aliphatic heterocycles. The van der Waals surface area contributed by atoms with Crippen molar-refractivity contribution in [3.05, 3.63) is 78.2 Å². The monoisotopic (exact) mass is 371 g/mol. The minimum Gasteiger partial charge on any atom is -0.478 e. The number of benzene rings is 2. The highest BCUT2D eigenvalue weighted by atomic mass is 16.4. The molecular weight excluding hydrogens is 358 g/mol. The third-order valence-electron chi connectivity index (χ3n) is 4.14. The fraction of sp³-hybridized carbons (Fsp3) is 0. The summed E-state index contributed by atoms with van der Waals surface area (Å²) in [6.45, 7) is 0. The Hall–Kier alpha value is -4.20. The van der Waals surface area contributed by atoms with E-state index in [-0.39, 0.29) is 16.9 Å². The van der Waals surface area contributed by atoms with Gasteiger partial charge in [-0.3, -0.25) is 4.79 Å². The van der Waals surface area contributed by atoms with E-state index in [1.807, 2.05) is 24.3 Å². The topological polar surface area (TPSA) is 118 Å². The van der Waals surface area contributed by atoms with Crippen LogP contribution in [0.15, 0.2) is 67.0 Å². The normalized spacial score (nSPS) is 10.6. The molecule has 1 amide bonds. The number of carbonyl (C=O) groups excluding carboxylic acids is 1. The first kappa shape index (κ1) is 17.2. The fourth-order valence-electron chi connectivity index (χ4n) is 2.76. The molecule has 0 fully saturated rings. The van der Waals surface area contributed by atoms with Crippen LogP contribution >= 0.6 is 0 Å². The number of hydrogen-bond acceptors (Lipinski definition) is 6. The zero-order chi connectivity index (χ0) is 19.5. The average Bonchev–Trinajstić information content (AvgIpc) is 2.74. The second-order valence-corrected chi connectivity index (χ2v) is 5.94. The quantitative estimate of drug-likeness (QED) is 0.566. The Labute approximate surface area is 158 Å². The maximum absolute atomic E-state index is 12.5. The van der Waals surface area contributed by atoms with E-state index in [1.54, 1.807) is 18.2 Å². The minimum atomic E-state index is -1.13. The predicted octanol–water partition coefficient (Wildman–Crippen LogP) is 3.04. The first-order valence-corrected chi connectivity index (χ1v) is 8.30. The van der Waals surface area contributed by atoms with Crippen LogP contribution in [-0.4, -0.2) is 37.4 Å². The number of rotatable bonds is 4. The molecule has 0 unspecified atom stereocenters. The minimum absolute atomic E-state index is 0.000473. The smallest absolute Gasteiger partial charge is 0.337 e. The van der Waals surface area contributed by atoms with Crippen molar-refractivity contribution in [1.82, 2.24) is 20.4 Å². The van der Waals surface area contributed by atoms with Crippen molar-refractivity contribution in [2.75, 3.05) is 5.32 Å². The first-order valence-electron chi connectivity index (χ1n) is 8.30. The van der Waals surface area contributed by atoms with Crippen LogP contribution in [-0.2, 0) is 0 Å². The predicted molar refractivity (Wildman–Crippen MR) is 102 cm³/mol. The van der Waals surface area contributed by atoms with Gasteiger partial charge in [0.1, 0.15) is 0 Å². The molecule has 0 bridgehead atoms. The number of carbonyl (C=O) groups is 2. The third-order valence-corrected chi connectivity index (χ3v) is 4.14. The van der Waals surface area contributed by atoms with Gasteiger partial charge in [-0.25, -0.2) is 4.79 Å². The van der Waals surface area contributed by atoms with Crippen LogP contribution in [0.1, 0.15) is 20.8 Å². The SMILES string of the molecule is O=C(Nc1cc2ccccc2cc1C(=O)O)c1ccc(-c2ccnnc2)nn1. The molecule has 4 rings (SSSR count). The molecule has 2 N–H and O–H groups in total. The molecule has 2 heterocycles. The summed E-state index contributed by atoms with van der Waals surface area (Å²) in [6.07, 6.45) is 3.07. The standard InChI is InChI=1S/C20H13N5O3/c26-19(17-6-5-16(24-25-17)14-7-8-21-22-11-14)23-18-10-13-4-2-1-3-12(13)9-15(18)20(27)28/h1-11H,(H,23,26)(H,27,28). The number of carboxylic acids is 1. The van der Waals surface area contributed by atoms with E-state index >= 15 is 0 Å². The molecule has 8 nitrogen and oxygen atoms in total. The molecule has 0 saturated carbocycles. The second kappa shape index (κ2) is 7.20. The Morgan fingerprint density at radius 2 is 1.68 bits per heavy atom. The van der Waals surface area contributed by atoms with Crippen LogP contribution in [0.3, 0.4) is 0 Å². The lowest BCUT2D eigenvalue weighted by Gasteiger charge is -2.10. The van der Waals surface area contributed by atoms with E-state index in [0.29, 0.717) is 5.69 Å². The molecular formula is C20H13N5O3. The van der Waals surface area contributed by atoms with Gasteiger partial charge in [0.25, 0.3) is 5.91 Å². The highest BCUT2D eigenvalue weighted by Gasteiger charge is 2.16. The summed E-state index contributed by atoms with van der Waals surface area (Å²) < 4.78 is 0. The second-order valence-electron chi connectivity index (χ2n) is 5.94. The van der Waals surface area contributed by atoms with Gasteiger partial charge in [0, 0.05) is 5.56 Å². The largest absolute Gasteiger partial charge is 0.478 e. The maximum Gasteiger partial charge on any atom is 0.337 e. The number of amides is 1. The van der Waals surface area contributed by atoms with Gasteiger partial charge >= 0.3 is 5.97 Å². The molecule has 0 aliphatic rings. The molecule has 0 aliphatic carbocycles. The van der Waals surface area contributed by atoms with Crippen LogP contribution in [0.2, 0.25) is 0 Å². The van der Waals surface area contributed by atoms with Gasteiger partial charge in [0.15, 0.2) is 5.69 Å². The van der Waals surface area contributed by atoms with Crippen LogP contribution in [0.4, 0.5) is 5.69 Å². The van der Waals surface area contributed by atoms with Crippen molar-refractivity contribution in [3.63, 3.8) is 0 Å². The van der Waals surface area contributed by atoms with E-state index in [9.17, 15) is 14.7 Å². The summed E-state index contributed by atoms with van der Waals surface area (Å²) in [4.78, 5) is 24.1. The Bertz CT molecular complexity index is 1180. The number of anilines is 1. The molecule has 136 valence electrons. The van der Waals surface area contributed by atoms with Gasteiger partial charge in [0.2, 0.25) is 0 Å². The molecule has 0 saturated heterocycles. The molecule has 0 atom stereocenters. The summed E-state index contributed by atoms with van der Waals surface area (Å²) in [5, 5.41) is 29.1. The van der Waals surface area contributed by atoms with E-state index in [2.05, 4.69) is 25.7 Å². The van der Waals surface area contributed by atoms with Gasteiger partial charge in [-0.15, -0.1) is 10.2 Å². The summed E-state index contributed by atoms with van der Waals surface area (Å²) in [5.41, 5.74) is 1.52. The van der Waals surface area contributed by atoms with Gasteiger partial charge in [0.05, 0.1) is 29.3 Å². The lowest BCUT2D eigenvalue weighted by Crippen LogP contribution is -2.16. The average molecular weight is 371 g/mol. The number of carboxylic acid groups (broad SMARTS) is 1. The zero-order valence-electron chi connectivity index (χ0n) is 14.4. The highest BCUT2D eigenvalue weighted by Crippen LogP contribution is 2.25. The lowest BCUT2D eigenvalue weighted by molar-refractivity contribution is 0.0698. The number of nitrogens with zero attached hydrogens (tertiary/aromatic N) is 4. The number of nitrogens with one attached hydrogen (secondary N) is 1. The van der Waals surface area contributed by atoms with E-state index in [1.165, 1.54) is 24.5 Å². The van der Waals surface area contributed by atoms with Crippen LogP contribution in [0.25, 0.3) is 22.0 Å². The Morgan fingerprint density at radius 1 is 0.893 bits per heavy atom. The van der Waals surface area contributed by atoms with Gasteiger partial charge in [-0.2, -0.15) is 10.2 Å². The van der Waals surface area contributed by atoms with Crippen molar-refractivity contribution in [2.24, 2.45) is 0 Å². The molecule has 28 heavy (non-hydrogen) atoms. The van der Waals surface area contributed by atoms with Crippen molar-refractivity contribution in [2.45, 2.75) is 0 Å². The van der Waals surface area contributed by atoms with Crippen molar-refractivity contribution < 1.29 is 14.7 Å². The first-order chi connectivity index (χ1) is 13.6. The summed E-state index contributed by atoms with van der Waals surface area (Å²) in [5.74, 6) is -1.68. The zero-order valence-corrected chi connectivity index (χ0v) is 14.4. The lowest BCUT2D eigenvalue weighted by atomic mass is 10.0. The Morgan fingerprint density at radius 3 is 2.32 bits per heavy atom. The summed E-state index contributed by atoms with van der Waals surface area (Å²) in [7, 11) is 0. The Kier molecular flexibility index (Phi) is 4.43. The number of aromatic nitrogens is 4. The number of fused-ring (bicyclic) bond motifs is 1. The van der Waals surface area contributed by atoms with Gasteiger partial charge in [-0.05, 0) is 41.1 Å². The molecule has 0 spiro atoms. The summed E-state index contributed by atoms with van der Waals surface area (Å²) in [6, 6.07) is 15.3. The van der Waals surface area contributed by atoms with Gasteiger partial charge in [-0.1, -0.05) is 24.3 Å². The van der Waals surface area contributed by atoms with Crippen LogP contribution in [0, 0.1) is 0 Å². The molecule has 2 aromatic carbocycles. The molecule has 2 aromatic heterocycles. The van der Waals surface area contributed by atoms with Crippen molar-refractivity contribution in [3.8, 4) is 11.3 Å². The number of aromatic carboxylic acids is 1. The molecule has 4 aromatic rings. The Balaban J connectivity index is 1.63. The van der Waals surface area contributed by atoms with Crippen LogP contribution < -0.4 is 5.32 Å². The van der Waals surface area contributed by atoms with Gasteiger partial charge < -0.3 is 10.4 Å². The van der Waals surface area contributed by atoms with E-state index < -0.39 is 11.9 Å². The van der Waals surface area contributed by atoms with E-state index in [4.69, 9.17) is 0 Å². The maximum atomic E-state index is 12.5. The van der Waals surface area contributed by atoms with Crippen molar-refractivity contribution in [1.29, 1.82) is 0 Å². The highest BCUT2D eigenvalue weighted by molar-refractivity contribution is 6.09. The van der Waals surface area contributed by atoms with Crippen LogP contribution in [0.5, 0.6) is 0 Å². The molecule has 0 radical (unpaired) electrons. The van der Waals surface area contributed by atoms with Crippen molar-refractivity contribution >= 4 is 28.3 Å². The molecule has 8 heteroatoms. The summed E-state index contributed by atoms with van der Waals surface area (Å²) >= 11 is 0. The number of hydrogen-bond donors (Lipinski definition) is 2. The van der Waals surface area contributed by atoms with E-state index in [0.717, 1.165) is 16.3 Å². The fourth-order valence-corrected chi connectivity index (χ4v) is 2.76.